The van der Waals surface area contributed by atoms with Crippen LogP contribution in [0.25, 0.3) is 6.08 Å². The maximum atomic E-state index is 12.7. The number of hydrogen-bond donors (Lipinski definition) is 1. The molecule has 2 aromatic rings. The maximum Gasteiger partial charge on any atom is 0.254 e. The highest BCUT2D eigenvalue weighted by Crippen LogP contribution is 2.35. The molecule has 0 aliphatic rings. The van der Waals surface area contributed by atoms with Crippen molar-refractivity contribution < 1.29 is 32.2 Å². The van der Waals surface area contributed by atoms with Crippen LogP contribution in [0.5, 0.6) is 23.0 Å². The lowest BCUT2D eigenvalue weighted by Crippen LogP contribution is -2.19. The van der Waals surface area contributed by atoms with Gasteiger partial charge in [0.25, 0.3) is 5.91 Å². The molecule has 162 valence electrons. The number of methoxy groups -OCH3 is 4. The summed E-state index contributed by atoms with van der Waals surface area (Å²) in [6, 6.07) is 7.93. The second-order valence-electron chi connectivity index (χ2n) is 6.17. The van der Waals surface area contributed by atoms with Crippen LogP contribution in [0, 0.1) is 0 Å². The number of nitrogens with one attached hydrogen (secondary N) is 1. The zero-order valence-electron chi connectivity index (χ0n) is 17.5. The Morgan fingerprint density at radius 3 is 2.03 bits per heavy atom. The van der Waals surface area contributed by atoms with Gasteiger partial charge in [0.1, 0.15) is 23.0 Å². The molecule has 0 radical (unpaired) electrons. The normalized spacial score (nSPS) is 11.2. The Hall–Kier alpha value is -3.20. The first-order valence-electron chi connectivity index (χ1n) is 8.88. The Morgan fingerprint density at radius 1 is 0.933 bits per heavy atom. The van der Waals surface area contributed by atoms with Gasteiger partial charge in [-0.1, -0.05) is 6.07 Å². The summed E-state index contributed by atoms with van der Waals surface area (Å²) in [4.78, 5) is 12.0. The lowest BCUT2D eigenvalue weighted by molar-refractivity contribution is 0.0960. The Bertz CT molecular complexity index is 1020. The SMILES string of the molecule is CNC(=O)c1cc(CS(=O)(=O)C=Cc2c(OC)cc(OC)cc2OC)ccc1OC. The molecule has 0 unspecified atom stereocenters. The number of hydrogen-bond acceptors (Lipinski definition) is 7. The molecule has 0 bridgehead atoms. The molecular formula is C21H25NO7S. The van der Waals surface area contributed by atoms with Crippen molar-refractivity contribution in [3.8, 4) is 23.0 Å². The summed E-state index contributed by atoms with van der Waals surface area (Å²) in [7, 11) is 3.72. The van der Waals surface area contributed by atoms with Crippen LogP contribution in [0.15, 0.2) is 35.7 Å². The van der Waals surface area contributed by atoms with Gasteiger partial charge in [0.05, 0.1) is 45.3 Å². The Balaban J connectivity index is 2.36. The molecule has 2 aromatic carbocycles. The van der Waals surface area contributed by atoms with E-state index in [1.54, 1.807) is 24.3 Å². The molecule has 1 amide bonds. The van der Waals surface area contributed by atoms with Gasteiger partial charge in [-0.3, -0.25) is 4.79 Å². The van der Waals surface area contributed by atoms with E-state index < -0.39 is 9.84 Å². The van der Waals surface area contributed by atoms with E-state index in [2.05, 4.69) is 5.32 Å². The molecule has 0 saturated carbocycles. The molecule has 0 aliphatic heterocycles. The number of benzene rings is 2. The number of sulfone groups is 1. The highest BCUT2D eigenvalue weighted by molar-refractivity contribution is 7.93. The van der Waals surface area contributed by atoms with Crippen molar-refractivity contribution in [2.24, 2.45) is 0 Å². The van der Waals surface area contributed by atoms with Gasteiger partial charge >= 0.3 is 0 Å². The first-order valence-corrected chi connectivity index (χ1v) is 10.6. The van der Waals surface area contributed by atoms with E-state index in [1.165, 1.54) is 47.6 Å². The van der Waals surface area contributed by atoms with Gasteiger partial charge in [-0.25, -0.2) is 8.42 Å². The quantitative estimate of drug-likeness (QED) is 0.646. The molecule has 0 saturated heterocycles. The van der Waals surface area contributed by atoms with Crippen LogP contribution in [0.2, 0.25) is 0 Å². The molecule has 9 heteroatoms. The summed E-state index contributed by atoms with van der Waals surface area (Å²) >= 11 is 0. The Morgan fingerprint density at radius 2 is 1.53 bits per heavy atom. The predicted molar refractivity (Wildman–Crippen MR) is 114 cm³/mol. The summed E-state index contributed by atoms with van der Waals surface area (Å²) in [5.74, 6) is 1.03. The van der Waals surface area contributed by atoms with Gasteiger partial charge in [-0.2, -0.15) is 0 Å². The third-order valence-corrected chi connectivity index (χ3v) is 5.59. The minimum atomic E-state index is -3.66. The van der Waals surface area contributed by atoms with Crippen LogP contribution in [0.3, 0.4) is 0 Å². The van der Waals surface area contributed by atoms with Crippen LogP contribution in [0.1, 0.15) is 21.5 Å². The van der Waals surface area contributed by atoms with Crippen molar-refractivity contribution in [2.45, 2.75) is 5.75 Å². The van der Waals surface area contributed by atoms with E-state index in [0.29, 0.717) is 34.1 Å². The summed E-state index contributed by atoms with van der Waals surface area (Å²) in [6.45, 7) is 0. The number of carbonyl (C=O) groups excluding carboxylic acids is 1. The highest BCUT2D eigenvalue weighted by Gasteiger charge is 2.16. The molecule has 1 N–H and O–H groups in total. The topological polar surface area (TPSA) is 100 Å². The van der Waals surface area contributed by atoms with Gasteiger partial charge < -0.3 is 24.3 Å². The molecule has 0 atom stereocenters. The number of ether oxygens (including phenoxy) is 4. The highest BCUT2D eigenvalue weighted by atomic mass is 32.2. The fourth-order valence-corrected chi connectivity index (χ4v) is 3.89. The van der Waals surface area contributed by atoms with Crippen molar-refractivity contribution >= 4 is 21.8 Å². The zero-order chi connectivity index (χ0) is 22.3. The molecule has 0 aliphatic carbocycles. The van der Waals surface area contributed by atoms with E-state index in [0.717, 1.165) is 5.41 Å². The van der Waals surface area contributed by atoms with Crippen molar-refractivity contribution in [1.29, 1.82) is 0 Å². The second kappa shape index (κ2) is 10.0. The van der Waals surface area contributed by atoms with Gasteiger partial charge in [0.15, 0.2) is 9.84 Å². The van der Waals surface area contributed by atoms with Crippen molar-refractivity contribution in [2.75, 3.05) is 35.5 Å². The minimum Gasteiger partial charge on any atom is -0.496 e. The molecule has 30 heavy (non-hydrogen) atoms. The molecule has 0 heterocycles. The second-order valence-corrected chi connectivity index (χ2v) is 8.06. The lowest BCUT2D eigenvalue weighted by Gasteiger charge is -2.12. The van der Waals surface area contributed by atoms with Gasteiger partial charge in [-0.05, 0) is 23.8 Å². The largest absolute Gasteiger partial charge is 0.496 e. The van der Waals surface area contributed by atoms with Crippen LogP contribution < -0.4 is 24.3 Å². The summed E-state index contributed by atoms with van der Waals surface area (Å²) in [5.41, 5.74) is 1.17. The van der Waals surface area contributed by atoms with Gasteiger partial charge in [0, 0.05) is 24.6 Å². The van der Waals surface area contributed by atoms with Gasteiger partial charge in [-0.15, -0.1) is 0 Å². The molecule has 0 fully saturated rings. The Labute approximate surface area is 176 Å². The monoisotopic (exact) mass is 435 g/mol. The molecule has 2 rings (SSSR count). The van der Waals surface area contributed by atoms with E-state index in [4.69, 9.17) is 18.9 Å². The molecule has 0 aromatic heterocycles. The third kappa shape index (κ3) is 5.44. The molecule has 0 spiro atoms. The van der Waals surface area contributed by atoms with Gasteiger partial charge in [0.2, 0.25) is 0 Å². The van der Waals surface area contributed by atoms with Crippen molar-refractivity contribution in [1.82, 2.24) is 5.32 Å². The average molecular weight is 435 g/mol. The smallest absolute Gasteiger partial charge is 0.254 e. The van der Waals surface area contributed by atoms with E-state index >= 15 is 0 Å². The summed E-state index contributed by atoms with van der Waals surface area (Å²) in [6.07, 6.45) is 1.41. The molecular weight excluding hydrogens is 410 g/mol. The van der Waals surface area contributed by atoms with Crippen LogP contribution >= 0.6 is 0 Å². The summed E-state index contributed by atoms with van der Waals surface area (Å²) in [5, 5.41) is 3.59. The van der Waals surface area contributed by atoms with E-state index in [9.17, 15) is 13.2 Å². The number of amides is 1. The number of carbonyl (C=O) groups is 1. The van der Waals surface area contributed by atoms with E-state index in [-0.39, 0.29) is 17.2 Å². The third-order valence-electron chi connectivity index (χ3n) is 4.30. The van der Waals surface area contributed by atoms with E-state index in [1.807, 2.05) is 0 Å². The van der Waals surface area contributed by atoms with Crippen LogP contribution in [-0.4, -0.2) is 49.8 Å². The first-order chi connectivity index (χ1) is 14.3. The average Bonchev–Trinajstić information content (AvgIpc) is 2.76. The standard InChI is InChI=1S/C21H25NO7S/c1-22-21(23)17-10-14(6-7-18(17)27-3)13-30(24,25)9-8-16-19(28-4)11-15(26-2)12-20(16)29-5/h6-12H,13H2,1-5H3,(H,22,23). The van der Waals surface area contributed by atoms with Crippen LogP contribution in [0.4, 0.5) is 0 Å². The predicted octanol–water partition coefficient (Wildman–Crippen LogP) is 2.67. The van der Waals surface area contributed by atoms with Crippen LogP contribution in [-0.2, 0) is 15.6 Å². The maximum absolute atomic E-state index is 12.7. The van der Waals surface area contributed by atoms with Crippen molar-refractivity contribution in [3.63, 3.8) is 0 Å². The summed E-state index contributed by atoms with van der Waals surface area (Å²) < 4.78 is 46.4. The minimum absolute atomic E-state index is 0.259. The lowest BCUT2D eigenvalue weighted by atomic mass is 10.1. The molecule has 8 nitrogen and oxygen atoms in total. The fourth-order valence-electron chi connectivity index (χ4n) is 2.81. The first kappa shape index (κ1) is 23.1. The number of rotatable bonds is 9. The fraction of sp³-hybridized carbons (Fsp3) is 0.286. The van der Waals surface area contributed by atoms with Crippen molar-refractivity contribution in [3.05, 3.63) is 52.4 Å². The Kier molecular flexibility index (Phi) is 7.71. The zero-order valence-corrected chi connectivity index (χ0v) is 18.3.